The van der Waals surface area contributed by atoms with E-state index in [2.05, 4.69) is 26.2 Å². The van der Waals surface area contributed by atoms with Crippen LogP contribution in [0.1, 0.15) is 0 Å². The highest BCUT2D eigenvalue weighted by atomic mass is 32.2. The molecule has 1 aromatic heterocycles. The van der Waals surface area contributed by atoms with Gasteiger partial charge in [-0.25, -0.2) is 9.48 Å². The minimum absolute atomic E-state index is 0.0713. The van der Waals surface area contributed by atoms with Gasteiger partial charge in [-0.15, -0.1) is 28.6 Å². The Kier molecular flexibility index (Phi) is 10.1. The van der Waals surface area contributed by atoms with Crippen LogP contribution >= 0.6 is 35.3 Å². The maximum absolute atomic E-state index is 12.4. The van der Waals surface area contributed by atoms with Gasteiger partial charge in [0, 0.05) is 25.7 Å². The molecule has 0 saturated carbocycles. The maximum Gasteiger partial charge on any atom is 0.360 e. The third kappa shape index (κ3) is 6.83. The number of tetrazole rings is 1. The highest BCUT2D eigenvalue weighted by Gasteiger charge is 2.51. The Bertz CT molecular complexity index is 961. The predicted molar refractivity (Wildman–Crippen MR) is 122 cm³/mol. The lowest BCUT2D eigenvalue weighted by molar-refractivity contribution is -0.171. The summed E-state index contributed by atoms with van der Waals surface area (Å²) in [7, 11) is 2.70. The van der Waals surface area contributed by atoms with Crippen molar-refractivity contribution in [3.63, 3.8) is 0 Å². The van der Waals surface area contributed by atoms with Gasteiger partial charge >= 0.3 is 17.9 Å². The maximum atomic E-state index is 12.4. The SMILES string of the molecule is COC(NC(=O)CSC[C@@H](N)C(=O)O)(C(=O)O)C1NC(C(=O)O)C(CSc2nnnn2C)=CS1. The van der Waals surface area contributed by atoms with Crippen LogP contribution in [-0.2, 0) is 31.0 Å². The number of carbonyl (C=O) groups excluding carboxylic acids is 1. The van der Waals surface area contributed by atoms with E-state index in [-0.39, 0.29) is 17.3 Å². The summed E-state index contributed by atoms with van der Waals surface area (Å²) in [5, 5.41) is 45.1. The molecule has 1 aromatic rings. The normalized spacial score (nSPS) is 20.6. The van der Waals surface area contributed by atoms with Crippen LogP contribution in [0.2, 0.25) is 0 Å². The second kappa shape index (κ2) is 12.4. The fourth-order valence-electron chi connectivity index (χ4n) is 2.64. The number of rotatable bonds is 13. The van der Waals surface area contributed by atoms with Gasteiger partial charge in [-0.05, 0) is 21.4 Å². The molecular formula is C16H23N7O8S3. The number of amides is 1. The van der Waals surface area contributed by atoms with Crippen LogP contribution in [0.4, 0.5) is 0 Å². The number of carboxylic acid groups (broad SMARTS) is 3. The smallest absolute Gasteiger partial charge is 0.360 e. The lowest BCUT2D eigenvalue weighted by Crippen LogP contribution is -2.68. The van der Waals surface area contributed by atoms with E-state index in [4.69, 9.17) is 15.6 Å². The quantitative estimate of drug-likeness (QED) is 0.118. The van der Waals surface area contributed by atoms with Crippen molar-refractivity contribution in [2.24, 2.45) is 12.8 Å². The number of aryl methyl sites for hydroxylation is 1. The van der Waals surface area contributed by atoms with Crippen molar-refractivity contribution in [3.05, 3.63) is 11.0 Å². The number of aliphatic carboxylic acids is 3. The van der Waals surface area contributed by atoms with E-state index in [1.807, 2.05) is 0 Å². The third-order valence-electron chi connectivity index (χ3n) is 4.42. The van der Waals surface area contributed by atoms with Crippen molar-refractivity contribution in [2.45, 2.75) is 28.3 Å². The molecule has 2 rings (SSSR count). The van der Waals surface area contributed by atoms with Crippen LogP contribution in [0.5, 0.6) is 0 Å². The van der Waals surface area contributed by atoms with Crippen molar-refractivity contribution in [1.82, 2.24) is 30.8 Å². The predicted octanol–water partition coefficient (Wildman–Crippen LogP) is -2.01. The number of carbonyl (C=O) groups is 4. The number of hydrogen-bond donors (Lipinski definition) is 6. The van der Waals surface area contributed by atoms with E-state index in [1.54, 1.807) is 7.05 Å². The Morgan fingerprint density at radius 1 is 1.38 bits per heavy atom. The fraction of sp³-hybridized carbons (Fsp3) is 0.562. The molecule has 0 fully saturated rings. The van der Waals surface area contributed by atoms with E-state index >= 15 is 0 Å². The van der Waals surface area contributed by atoms with Crippen molar-refractivity contribution in [1.29, 1.82) is 0 Å². The number of aromatic nitrogens is 4. The molecule has 15 nitrogen and oxygen atoms in total. The summed E-state index contributed by atoms with van der Waals surface area (Å²) >= 11 is 3.03. The second-order valence-electron chi connectivity index (χ2n) is 6.77. The van der Waals surface area contributed by atoms with Crippen LogP contribution in [0, 0.1) is 0 Å². The summed E-state index contributed by atoms with van der Waals surface area (Å²) in [5.41, 5.74) is 3.50. The van der Waals surface area contributed by atoms with Gasteiger partial charge in [-0.2, -0.15) is 0 Å². The molecule has 1 aliphatic rings. The molecule has 34 heavy (non-hydrogen) atoms. The summed E-state index contributed by atoms with van der Waals surface area (Å²) < 4.78 is 6.59. The largest absolute Gasteiger partial charge is 0.480 e. The number of nitrogens with zero attached hydrogens (tertiary/aromatic N) is 4. The van der Waals surface area contributed by atoms with Gasteiger partial charge in [0.25, 0.3) is 5.72 Å². The summed E-state index contributed by atoms with van der Waals surface area (Å²) in [6.07, 6.45) is 0. The molecule has 18 heteroatoms. The van der Waals surface area contributed by atoms with Crippen LogP contribution in [-0.4, -0.2) is 107 Å². The first-order valence-corrected chi connectivity index (χ1v) is 12.4. The van der Waals surface area contributed by atoms with Gasteiger partial charge in [-0.3, -0.25) is 19.7 Å². The molecule has 188 valence electrons. The first kappa shape index (κ1) is 27.9. The van der Waals surface area contributed by atoms with E-state index < -0.39 is 47.0 Å². The van der Waals surface area contributed by atoms with Gasteiger partial charge in [0.2, 0.25) is 11.1 Å². The van der Waals surface area contributed by atoms with E-state index in [0.717, 1.165) is 30.6 Å². The fourth-order valence-corrected chi connectivity index (χ4v) is 5.58. The molecule has 0 saturated heterocycles. The Balaban J connectivity index is 2.14. The summed E-state index contributed by atoms with van der Waals surface area (Å²) in [6, 6.07) is -2.45. The molecule has 0 radical (unpaired) electrons. The standard InChI is InChI=1S/C16H23N7O8S3/c1-23-15(20-21-22-23)34-4-7-3-33-13(18-10(7)12(27)28)16(31-2,14(29)30)19-9(24)6-32-5-8(17)11(25)26/h3,8,10,13,18H,4-6,17H2,1-2H3,(H,19,24)(H,25,26)(H,27,28)(H,29,30)/t8-,10?,13?,16?/m1/s1. The molecule has 0 spiro atoms. The number of nitrogens with two attached hydrogens (primary N) is 1. The Hall–Kier alpha value is -2.38. The molecule has 2 heterocycles. The average Bonchev–Trinajstić information content (AvgIpc) is 3.20. The second-order valence-corrected chi connectivity index (χ2v) is 9.73. The minimum Gasteiger partial charge on any atom is -0.480 e. The highest BCUT2D eigenvalue weighted by Crippen LogP contribution is 2.33. The van der Waals surface area contributed by atoms with Crippen molar-refractivity contribution < 1.29 is 39.2 Å². The Labute approximate surface area is 205 Å². The highest BCUT2D eigenvalue weighted by molar-refractivity contribution is 8.03. The topological polar surface area (TPSA) is 232 Å². The van der Waals surface area contributed by atoms with E-state index in [0.29, 0.717) is 10.7 Å². The Morgan fingerprint density at radius 2 is 2.09 bits per heavy atom. The van der Waals surface area contributed by atoms with Crippen LogP contribution in [0.3, 0.4) is 0 Å². The Morgan fingerprint density at radius 3 is 2.62 bits per heavy atom. The molecule has 1 amide bonds. The molecule has 4 atom stereocenters. The van der Waals surface area contributed by atoms with Crippen molar-refractivity contribution in [2.75, 3.05) is 24.4 Å². The molecular weight excluding hydrogens is 514 g/mol. The number of hydrogen-bond acceptors (Lipinski definition) is 13. The van der Waals surface area contributed by atoms with Gasteiger partial charge in [0.05, 0.1) is 5.75 Å². The zero-order valence-electron chi connectivity index (χ0n) is 17.9. The average molecular weight is 538 g/mol. The van der Waals surface area contributed by atoms with E-state index in [1.165, 1.54) is 21.9 Å². The lowest BCUT2D eigenvalue weighted by Gasteiger charge is -2.39. The van der Waals surface area contributed by atoms with Gasteiger partial charge < -0.3 is 31.1 Å². The zero-order valence-corrected chi connectivity index (χ0v) is 20.4. The molecule has 0 bridgehead atoms. The van der Waals surface area contributed by atoms with Crippen LogP contribution < -0.4 is 16.4 Å². The number of nitrogens with one attached hydrogen (secondary N) is 2. The number of methoxy groups -OCH3 is 1. The molecule has 7 N–H and O–H groups in total. The number of thioether (sulfide) groups is 3. The van der Waals surface area contributed by atoms with Gasteiger partial charge in [0.1, 0.15) is 17.5 Å². The van der Waals surface area contributed by atoms with Crippen LogP contribution in [0.25, 0.3) is 0 Å². The van der Waals surface area contributed by atoms with Crippen molar-refractivity contribution >= 4 is 59.1 Å². The third-order valence-corrected chi connectivity index (χ3v) is 7.74. The van der Waals surface area contributed by atoms with E-state index in [9.17, 15) is 29.4 Å². The first-order chi connectivity index (χ1) is 16.0. The summed E-state index contributed by atoms with van der Waals surface area (Å²) in [4.78, 5) is 47.2. The molecule has 0 aromatic carbocycles. The first-order valence-electron chi connectivity index (χ1n) is 9.36. The molecule has 0 aliphatic carbocycles. The monoisotopic (exact) mass is 537 g/mol. The number of ether oxygens (including phenoxy) is 1. The zero-order chi connectivity index (χ0) is 25.5. The molecule has 3 unspecified atom stereocenters. The summed E-state index contributed by atoms with van der Waals surface area (Å²) in [6.45, 7) is 0. The van der Waals surface area contributed by atoms with Gasteiger partial charge in [0.15, 0.2) is 0 Å². The van der Waals surface area contributed by atoms with Gasteiger partial charge in [-0.1, -0.05) is 11.8 Å². The van der Waals surface area contributed by atoms with Crippen LogP contribution in [0.15, 0.2) is 16.1 Å². The minimum atomic E-state index is -2.31. The molecule has 1 aliphatic heterocycles. The van der Waals surface area contributed by atoms with Crippen molar-refractivity contribution in [3.8, 4) is 0 Å². The summed E-state index contributed by atoms with van der Waals surface area (Å²) in [5.74, 6) is -4.96. The lowest BCUT2D eigenvalue weighted by atomic mass is 10.1. The number of carboxylic acids is 3.